The molecule has 6 nitrogen and oxygen atoms in total. The quantitative estimate of drug-likeness (QED) is 0.610. The van der Waals surface area contributed by atoms with Gasteiger partial charge >= 0.3 is 0 Å². The summed E-state index contributed by atoms with van der Waals surface area (Å²) in [5, 5.41) is 7.57. The molecule has 0 saturated carbocycles. The van der Waals surface area contributed by atoms with E-state index in [9.17, 15) is 0 Å². The Kier molecular flexibility index (Phi) is 6.40. The van der Waals surface area contributed by atoms with Crippen LogP contribution in [0.4, 0.5) is 5.69 Å². The van der Waals surface area contributed by atoms with Crippen molar-refractivity contribution in [2.75, 3.05) is 32.1 Å². The summed E-state index contributed by atoms with van der Waals surface area (Å²) >= 11 is 6.17. The molecule has 3 rings (SSSR count). The van der Waals surface area contributed by atoms with Gasteiger partial charge in [0.15, 0.2) is 5.96 Å². The maximum Gasteiger partial charge on any atom is 0.191 e. The first kappa shape index (κ1) is 19.3. The van der Waals surface area contributed by atoms with Crippen LogP contribution in [0.5, 0.6) is 5.75 Å². The predicted octanol–water partition coefficient (Wildman–Crippen LogP) is 3.00. The number of aliphatic imine (C=N–C) groups is 1. The summed E-state index contributed by atoms with van der Waals surface area (Å²) in [5.74, 6) is 1.62. The van der Waals surface area contributed by atoms with Gasteiger partial charge in [0.1, 0.15) is 5.75 Å². The van der Waals surface area contributed by atoms with E-state index in [1.54, 1.807) is 14.2 Å². The molecular formula is C20H26ClN5O. The highest BCUT2D eigenvalue weighted by Crippen LogP contribution is 2.33. The van der Waals surface area contributed by atoms with E-state index < -0.39 is 0 Å². The number of hydrogen-bond acceptors (Lipinski definition) is 4. The predicted molar refractivity (Wildman–Crippen MR) is 111 cm³/mol. The van der Waals surface area contributed by atoms with Crippen LogP contribution in [0.1, 0.15) is 17.7 Å². The lowest BCUT2D eigenvalue weighted by Crippen LogP contribution is -2.44. The SMILES string of the molecule is CN=C(NCc1ncccc1C)NC1CCN(c2cc(Cl)ccc2OC)C1. The lowest BCUT2D eigenvalue weighted by Gasteiger charge is -2.22. The normalized spacial score (nSPS) is 17.1. The van der Waals surface area contributed by atoms with Gasteiger partial charge in [-0.1, -0.05) is 17.7 Å². The second kappa shape index (κ2) is 8.95. The Bertz CT molecular complexity index is 811. The molecule has 0 radical (unpaired) electrons. The zero-order valence-corrected chi connectivity index (χ0v) is 16.8. The van der Waals surface area contributed by atoms with E-state index in [2.05, 4.69) is 38.5 Å². The minimum absolute atomic E-state index is 0.296. The highest BCUT2D eigenvalue weighted by atomic mass is 35.5. The number of rotatable bonds is 5. The summed E-state index contributed by atoms with van der Waals surface area (Å²) in [7, 11) is 3.47. The smallest absolute Gasteiger partial charge is 0.191 e. The monoisotopic (exact) mass is 387 g/mol. The number of nitrogens with one attached hydrogen (secondary N) is 2. The molecule has 2 N–H and O–H groups in total. The number of aryl methyl sites for hydroxylation is 1. The molecule has 27 heavy (non-hydrogen) atoms. The number of nitrogens with zero attached hydrogens (tertiary/aromatic N) is 3. The Morgan fingerprint density at radius 2 is 2.26 bits per heavy atom. The first-order chi connectivity index (χ1) is 13.1. The summed E-state index contributed by atoms with van der Waals surface area (Å²) in [6.45, 7) is 4.50. The average Bonchev–Trinajstić information content (AvgIpc) is 3.14. The molecule has 1 aromatic carbocycles. The molecule has 1 atom stereocenters. The maximum atomic E-state index is 6.17. The molecule has 2 aromatic rings. The molecule has 0 aliphatic carbocycles. The molecular weight excluding hydrogens is 362 g/mol. The number of pyridine rings is 1. The van der Waals surface area contributed by atoms with Crippen LogP contribution in [0.25, 0.3) is 0 Å². The molecule has 0 amide bonds. The largest absolute Gasteiger partial charge is 0.495 e. The number of benzene rings is 1. The molecule has 2 heterocycles. The maximum absolute atomic E-state index is 6.17. The fourth-order valence-electron chi connectivity index (χ4n) is 3.27. The van der Waals surface area contributed by atoms with Gasteiger partial charge in [-0.2, -0.15) is 0 Å². The second-order valence-electron chi connectivity index (χ2n) is 6.58. The number of hydrogen-bond donors (Lipinski definition) is 2. The van der Waals surface area contributed by atoms with Crippen LogP contribution in [0, 0.1) is 6.92 Å². The van der Waals surface area contributed by atoms with Gasteiger partial charge in [0.25, 0.3) is 0 Å². The van der Waals surface area contributed by atoms with Crippen molar-refractivity contribution in [1.82, 2.24) is 15.6 Å². The molecule has 1 aromatic heterocycles. The average molecular weight is 388 g/mol. The minimum atomic E-state index is 0.296. The van der Waals surface area contributed by atoms with Crippen molar-refractivity contribution >= 4 is 23.2 Å². The van der Waals surface area contributed by atoms with Crippen LogP contribution >= 0.6 is 11.6 Å². The van der Waals surface area contributed by atoms with Crippen molar-refractivity contribution in [1.29, 1.82) is 0 Å². The third kappa shape index (κ3) is 4.83. The van der Waals surface area contributed by atoms with Gasteiger partial charge in [-0.15, -0.1) is 0 Å². The van der Waals surface area contributed by atoms with Crippen molar-refractivity contribution < 1.29 is 4.74 Å². The van der Waals surface area contributed by atoms with E-state index >= 15 is 0 Å². The molecule has 144 valence electrons. The Morgan fingerprint density at radius 3 is 3.00 bits per heavy atom. The Morgan fingerprint density at radius 1 is 1.41 bits per heavy atom. The summed E-state index contributed by atoms with van der Waals surface area (Å²) in [5.41, 5.74) is 3.22. The zero-order chi connectivity index (χ0) is 19.2. The first-order valence-electron chi connectivity index (χ1n) is 9.07. The number of methoxy groups -OCH3 is 1. The highest BCUT2D eigenvalue weighted by Gasteiger charge is 2.25. The van der Waals surface area contributed by atoms with Crippen LogP contribution in [0.2, 0.25) is 5.02 Å². The van der Waals surface area contributed by atoms with E-state index in [4.69, 9.17) is 16.3 Å². The summed E-state index contributed by atoms with van der Waals surface area (Å²) in [4.78, 5) is 11.0. The molecule has 1 fully saturated rings. The van der Waals surface area contributed by atoms with Gasteiger partial charge in [-0.3, -0.25) is 9.98 Å². The van der Waals surface area contributed by atoms with Gasteiger partial charge in [0.2, 0.25) is 0 Å². The third-order valence-electron chi connectivity index (χ3n) is 4.78. The van der Waals surface area contributed by atoms with Gasteiger partial charge in [0.05, 0.1) is 25.0 Å². The van der Waals surface area contributed by atoms with Crippen LogP contribution in [0.3, 0.4) is 0 Å². The number of halogens is 1. The van der Waals surface area contributed by atoms with Crippen molar-refractivity contribution in [2.24, 2.45) is 4.99 Å². The van der Waals surface area contributed by atoms with Crippen LogP contribution in [0.15, 0.2) is 41.5 Å². The van der Waals surface area contributed by atoms with E-state index in [1.165, 1.54) is 5.56 Å². The standard InChI is InChI=1S/C20H26ClN5O/c1-14-5-4-9-23-17(14)12-24-20(22-2)25-16-8-10-26(13-16)18-11-15(21)6-7-19(18)27-3/h4-7,9,11,16H,8,10,12-13H2,1-3H3,(H2,22,24,25). The first-order valence-corrected chi connectivity index (χ1v) is 9.44. The Labute approximate surface area is 165 Å². The topological polar surface area (TPSA) is 61.8 Å². The lowest BCUT2D eigenvalue weighted by molar-refractivity contribution is 0.415. The number of ether oxygens (including phenoxy) is 1. The lowest BCUT2D eigenvalue weighted by atomic mass is 10.2. The molecule has 1 unspecified atom stereocenters. The van der Waals surface area contributed by atoms with Crippen molar-refractivity contribution in [3.8, 4) is 5.75 Å². The number of anilines is 1. The van der Waals surface area contributed by atoms with Gasteiger partial charge < -0.3 is 20.3 Å². The van der Waals surface area contributed by atoms with Gasteiger partial charge in [0, 0.05) is 37.4 Å². The van der Waals surface area contributed by atoms with Crippen LogP contribution in [-0.2, 0) is 6.54 Å². The molecule has 7 heteroatoms. The Balaban J connectivity index is 1.58. The highest BCUT2D eigenvalue weighted by molar-refractivity contribution is 6.30. The van der Waals surface area contributed by atoms with E-state index in [1.807, 2.05) is 30.5 Å². The number of aromatic nitrogens is 1. The molecule has 0 bridgehead atoms. The van der Waals surface area contributed by atoms with E-state index in [-0.39, 0.29) is 0 Å². The van der Waals surface area contributed by atoms with Crippen molar-refractivity contribution in [2.45, 2.75) is 25.9 Å². The fourth-order valence-corrected chi connectivity index (χ4v) is 3.43. The van der Waals surface area contributed by atoms with Crippen molar-refractivity contribution in [3.05, 3.63) is 52.8 Å². The number of guanidine groups is 1. The summed E-state index contributed by atoms with van der Waals surface area (Å²) in [6, 6.07) is 10.0. The summed E-state index contributed by atoms with van der Waals surface area (Å²) < 4.78 is 5.49. The summed E-state index contributed by atoms with van der Waals surface area (Å²) in [6.07, 6.45) is 2.83. The van der Waals surface area contributed by atoms with Crippen LogP contribution in [-0.4, -0.2) is 44.2 Å². The van der Waals surface area contributed by atoms with Gasteiger partial charge in [-0.25, -0.2) is 0 Å². The molecule has 1 aliphatic rings. The van der Waals surface area contributed by atoms with Crippen molar-refractivity contribution in [3.63, 3.8) is 0 Å². The van der Waals surface area contributed by atoms with Crippen LogP contribution < -0.4 is 20.3 Å². The third-order valence-corrected chi connectivity index (χ3v) is 5.01. The van der Waals surface area contributed by atoms with E-state index in [0.29, 0.717) is 17.6 Å². The fraction of sp³-hybridized carbons (Fsp3) is 0.400. The van der Waals surface area contributed by atoms with E-state index in [0.717, 1.165) is 42.6 Å². The molecule has 1 saturated heterocycles. The Hall–Kier alpha value is -2.47. The van der Waals surface area contributed by atoms with Gasteiger partial charge in [-0.05, 0) is 43.2 Å². The zero-order valence-electron chi connectivity index (χ0n) is 16.0. The molecule has 0 spiro atoms. The second-order valence-corrected chi connectivity index (χ2v) is 7.02. The molecule has 1 aliphatic heterocycles. The minimum Gasteiger partial charge on any atom is -0.495 e.